The van der Waals surface area contributed by atoms with Crippen LogP contribution in [0.2, 0.25) is 0 Å². The molecule has 1 unspecified atom stereocenters. The van der Waals surface area contributed by atoms with Gasteiger partial charge in [-0.1, -0.05) is 5.80 Å². The number of nitrogens with zero attached hydrogens (tertiary/aromatic N) is 1. The van der Waals surface area contributed by atoms with Crippen molar-refractivity contribution in [3.05, 3.63) is 0 Å². The maximum absolute atomic E-state index is 6.50. The average Bonchev–Trinajstić information content (AvgIpc) is 1.68. The van der Waals surface area contributed by atoms with E-state index in [1.54, 1.807) is 0 Å². The van der Waals surface area contributed by atoms with Gasteiger partial charge in [-0.25, -0.2) is 5.53 Å². The average molecular weight is 116 g/mol. The van der Waals surface area contributed by atoms with Gasteiger partial charge in [0.2, 0.25) is 0 Å². The molecule has 0 aromatic heterocycles. The van der Waals surface area contributed by atoms with E-state index in [4.69, 9.17) is 5.53 Å². The summed E-state index contributed by atoms with van der Waals surface area (Å²) in [6, 6.07) is 0.137. The van der Waals surface area contributed by atoms with Gasteiger partial charge in [-0.15, -0.1) is 8.86 Å². The highest BCUT2D eigenvalue weighted by Crippen LogP contribution is 1.91. The van der Waals surface area contributed by atoms with Crippen LogP contribution in [-0.4, -0.2) is 11.8 Å². The van der Waals surface area contributed by atoms with E-state index in [-0.39, 0.29) is 6.04 Å². The fraction of sp³-hybridized carbons (Fsp3) is 0.750. The molecule has 7 heavy (non-hydrogen) atoms. The SMILES string of the molecule is CC(CC=P)N=N. The summed E-state index contributed by atoms with van der Waals surface area (Å²) in [4.78, 5) is 0. The molecule has 3 heteroatoms. The molecule has 0 aromatic carbocycles. The minimum atomic E-state index is 0.137. The van der Waals surface area contributed by atoms with Gasteiger partial charge in [-0.2, -0.15) is 5.11 Å². The lowest BCUT2D eigenvalue weighted by Crippen LogP contribution is -1.93. The molecule has 0 aliphatic heterocycles. The quantitative estimate of drug-likeness (QED) is 0.430. The zero-order chi connectivity index (χ0) is 5.70. The summed E-state index contributed by atoms with van der Waals surface area (Å²) in [5.74, 6) is 1.82. The third kappa shape index (κ3) is 3.60. The fourth-order valence-electron chi connectivity index (χ4n) is 0.223. The molecule has 0 aromatic rings. The second-order valence-electron chi connectivity index (χ2n) is 1.42. The standard InChI is InChI=1S/C4H9N2P/c1-4(6-5)2-3-7/h3-5,7H,2H2,1H3. The third-order valence-corrected chi connectivity index (χ3v) is 0.915. The van der Waals surface area contributed by atoms with Gasteiger partial charge in [0.1, 0.15) is 0 Å². The summed E-state index contributed by atoms with van der Waals surface area (Å²) < 4.78 is 0. The fourth-order valence-corrected chi connectivity index (χ4v) is 0.564. The van der Waals surface area contributed by atoms with Crippen molar-refractivity contribution in [1.82, 2.24) is 0 Å². The maximum atomic E-state index is 6.50. The smallest absolute Gasteiger partial charge is 0.0715 e. The molecule has 0 saturated carbocycles. The van der Waals surface area contributed by atoms with Gasteiger partial charge in [-0.05, 0) is 13.3 Å². The molecule has 2 nitrogen and oxygen atoms in total. The summed E-state index contributed by atoms with van der Waals surface area (Å²) in [6.45, 7) is 1.89. The van der Waals surface area contributed by atoms with Crippen LogP contribution in [0.3, 0.4) is 0 Å². The lowest BCUT2D eigenvalue weighted by molar-refractivity contribution is 0.716. The van der Waals surface area contributed by atoms with Crippen molar-refractivity contribution in [3.8, 4) is 0 Å². The number of nitrogens with one attached hydrogen (secondary N) is 1. The normalized spacial score (nSPS) is 12.7. The molecule has 0 spiro atoms. The molecule has 0 amide bonds. The molecular weight excluding hydrogens is 107 g/mol. The van der Waals surface area contributed by atoms with Gasteiger partial charge < -0.3 is 0 Å². The summed E-state index contributed by atoms with van der Waals surface area (Å²) in [7, 11) is 3.16. The molecule has 0 aliphatic carbocycles. The Hall–Kier alpha value is -0.230. The molecule has 0 radical (unpaired) electrons. The Kier molecular flexibility index (Phi) is 3.81. The van der Waals surface area contributed by atoms with E-state index in [9.17, 15) is 0 Å². The molecule has 40 valence electrons. The highest BCUT2D eigenvalue weighted by atomic mass is 31.0. The summed E-state index contributed by atoms with van der Waals surface area (Å²) >= 11 is 0. The summed E-state index contributed by atoms with van der Waals surface area (Å²) in [5, 5.41) is 3.27. The minimum Gasteiger partial charge on any atom is -0.210 e. The van der Waals surface area contributed by atoms with Gasteiger partial charge in [0, 0.05) is 0 Å². The Bertz CT molecular complexity index is 72.1. The largest absolute Gasteiger partial charge is 0.210 e. The highest BCUT2D eigenvalue weighted by molar-refractivity contribution is 7.18. The monoisotopic (exact) mass is 116 g/mol. The molecule has 1 atom stereocenters. The Morgan fingerprint density at radius 3 is 2.71 bits per heavy atom. The number of hydrogen-bond donors (Lipinski definition) is 1. The lowest BCUT2D eigenvalue weighted by Gasteiger charge is -1.93. The van der Waals surface area contributed by atoms with Crippen LogP contribution in [0.4, 0.5) is 0 Å². The maximum Gasteiger partial charge on any atom is 0.0715 e. The topological polar surface area (TPSA) is 36.2 Å². The van der Waals surface area contributed by atoms with Gasteiger partial charge in [0.25, 0.3) is 0 Å². The van der Waals surface area contributed by atoms with E-state index in [1.165, 1.54) is 0 Å². The first-order chi connectivity index (χ1) is 3.31. The van der Waals surface area contributed by atoms with Crippen LogP contribution in [-0.2, 0) is 0 Å². The molecule has 0 fully saturated rings. The van der Waals surface area contributed by atoms with Gasteiger partial charge >= 0.3 is 0 Å². The summed E-state index contributed by atoms with van der Waals surface area (Å²) in [5.41, 5.74) is 6.50. The van der Waals surface area contributed by atoms with Crippen LogP contribution in [0, 0.1) is 5.53 Å². The first-order valence-corrected chi connectivity index (χ1v) is 2.74. The van der Waals surface area contributed by atoms with E-state index in [1.807, 2.05) is 12.7 Å². The highest BCUT2D eigenvalue weighted by Gasteiger charge is 1.89. The first kappa shape index (κ1) is 6.77. The Morgan fingerprint density at radius 1 is 2.00 bits per heavy atom. The van der Waals surface area contributed by atoms with Crippen LogP contribution in [0.1, 0.15) is 13.3 Å². The van der Waals surface area contributed by atoms with E-state index < -0.39 is 0 Å². The van der Waals surface area contributed by atoms with Crippen molar-refractivity contribution in [1.29, 1.82) is 5.53 Å². The van der Waals surface area contributed by atoms with Gasteiger partial charge in [0.15, 0.2) is 0 Å². The third-order valence-electron chi connectivity index (χ3n) is 0.679. The molecule has 0 aliphatic rings. The van der Waals surface area contributed by atoms with Crippen molar-refractivity contribution in [3.63, 3.8) is 0 Å². The predicted octanol–water partition coefficient (Wildman–Crippen LogP) is 1.74. The van der Waals surface area contributed by atoms with E-state index >= 15 is 0 Å². The zero-order valence-corrected chi connectivity index (χ0v) is 5.31. The van der Waals surface area contributed by atoms with E-state index in [0.29, 0.717) is 0 Å². The Labute approximate surface area is 45.7 Å². The van der Waals surface area contributed by atoms with Crippen molar-refractivity contribution in [2.45, 2.75) is 19.4 Å². The van der Waals surface area contributed by atoms with Crippen LogP contribution in [0.25, 0.3) is 0 Å². The van der Waals surface area contributed by atoms with Crippen LogP contribution in [0.5, 0.6) is 0 Å². The van der Waals surface area contributed by atoms with Gasteiger partial charge in [0.05, 0.1) is 6.04 Å². The van der Waals surface area contributed by atoms with E-state index in [0.717, 1.165) is 6.42 Å². The molecule has 0 bridgehead atoms. The first-order valence-electron chi connectivity index (χ1n) is 2.16. The van der Waals surface area contributed by atoms with Crippen molar-refractivity contribution in [2.24, 2.45) is 5.11 Å². The number of hydrogen-bond acceptors (Lipinski definition) is 2. The second kappa shape index (κ2) is 3.94. The number of rotatable bonds is 3. The Balaban J connectivity index is 3.15. The Morgan fingerprint density at radius 2 is 2.57 bits per heavy atom. The van der Waals surface area contributed by atoms with Crippen molar-refractivity contribution < 1.29 is 0 Å². The minimum absolute atomic E-state index is 0.137. The van der Waals surface area contributed by atoms with E-state index in [2.05, 4.69) is 14.0 Å². The molecule has 0 heterocycles. The van der Waals surface area contributed by atoms with Crippen molar-refractivity contribution >= 4 is 14.7 Å². The van der Waals surface area contributed by atoms with Crippen LogP contribution >= 0.6 is 8.86 Å². The molecule has 0 saturated heterocycles. The summed E-state index contributed by atoms with van der Waals surface area (Å²) in [6.07, 6.45) is 0.834. The van der Waals surface area contributed by atoms with Crippen molar-refractivity contribution in [2.75, 3.05) is 0 Å². The van der Waals surface area contributed by atoms with Gasteiger partial charge in [-0.3, -0.25) is 0 Å². The molecular formula is C4H9N2P. The lowest BCUT2D eigenvalue weighted by atomic mass is 10.3. The predicted molar refractivity (Wildman–Crippen MR) is 33.6 cm³/mol. The molecule has 1 N–H and O–H groups in total. The van der Waals surface area contributed by atoms with Crippen LogP contribution in [0.15, 0.2) is 5.11 Å². The zero-order valence-electron chi connectivity index (χ0n) is 4.31. The molecule has 0 rings (SSSR count). The van der Waals surface area contributed by atoms with Crippen LogP contribution < -0.4 is 0 Å². The second-order valence-corrected chi connectivity index (χ2v) is 1.83.